The molecule has 0 saturated heterocycles. The summed E-state index contributed by atoms with van der Waals surface area (Å²) in [4.78, 5) is 32.1. The number of rotatable bonds is 11. The number of nitrogens with zero attached hydrogens (tertiary/aromatic N) is 4. The summed E-state index contributed by atoms with van der Waals surface area (Å²) in [5, 5.41) is 6.70. The molecule has 202 valence electrons. The molecule has 1 aliphatic heterocycles. The number of carbonyl (C=O) groups is 2. The Hall–Kier alpha value is -4.15. The molecule has 4 rings (SSSR count). The van der Waals surface area contributed by atoms with Crippen molar-refractivity contribution in [2.45, 2.75) is 39.8 Å². The highest BCUT2D eigenvalue weighted by Gasteiger charge is 2.27. The fourth-order valence-corrected chi connectivity index (χ4v) is 4.86. The van der Waals surface area contributed by atoms with Gasteiger partial charge in [-0.15, -0.1) is 0 Å². The second kappa shape index (κ2) is 13.1. The minimum atomic E-state index is -0.144. The van der Waals surface area contributed by atoms with Gasteiger partial charge in [0.1, 0.15) is 0 Å². The molecular weight excluding hydrogens is 486 g/mol. The fourth-order valence-electron chi connectivity index (χ4n) is 4.86. The number of hydrogen-bond acceptors (Lipinski definition) is 4. The highest BCUT2D eigenvalue weighted by molar-refractivity contribution is 5.91. The van der Waals surface area contributed by atoms with E-state index in [1.807, 2.05) is 53.5 Å². The lowest BCUT2D eigenvalue weighted by Crippen LogP contribution is -2.48. The molecule has 3 aromatic carbocycles. The standard InChI is InChI=1S/C32H37N5O2/c1-24(2)11-10-18-34-31(38)22-36(23-32(39)35(4)37-20-26-14-8-9-15-27(26)21-37)30-19-28(33-3)16-17-29(30)25-12-6-5-7-13-25/h5-9,12-17,19,24H,10-11,18,20-23H2,1-2,4H3,(H,34,38). The molecule has 1 aliphatic rings. The van der Waals surface area contributed by atoms with Gasteiger partial charge in [-0.05, 0) is 41.5 Å². The van der Waals surface area contributed by atoms with Gasteiger partial charge in [0, 0.05) is 37.9 Å². The van der Waals surface area contributed by atoms with Gasteiger partial charge in [0.25, 0.3) is 5.91 Å². The third-order valence-corrected chi connectivity index (χ3v) is 7.09. The number of fused-ring (bicyclic) bond motifs is 1. The Bertz CT molecular complexity index is 1310. The molecule has 0 aromatic heterocycles. The lowest BCUT2D eigenvalue weighted by Gasteiger charge is -2.32. The van der Waals surface area contributed by atoms with Crippen LogP contribution in [0.15, 0.2) is 72.8 Å². The molecule has 0 bridgehead atoms. The average molecular weight is 524 g/mol. The van der Waals surface area contributed by atoms with Gasteiger partial charge in [0.05, 0.1) is 19.7 Å². The molecule has 2 amide bonds. The van der Waals surface area contributed by atoms with Crippen molar-refractivity contribution in [3.8, 4) is 11.1 Å². The number of likely N-dealkylation sites (N-methyl/N-ethyl adjacent to an activating group) is 1. The molecule has 7 nitrogen and oxygen atoms in total. The van der Waals surface area contributed by atoms with Gasteiger partial charge in [0.15, 0.2) is 5.69 Å². The van der Waals surface area contributed by atoms with E-state index in [0.717, 1.165) is 24.0 Å². The summed E-state index contributed by atoms with van der Waals surface area (Å²) in [6.45, 7) is 13.9. The van der Waals surface area contributed by atoms with Crippen LogP contribution in [0.1, 0.15) is 37.8 Å². The van der Waals surface area contributed by atoms with Crippen molar-refractivity contribution in [3.05, 3.63) is 95.3 Å². The maximum absolute atomic E-state index is 13.6. The van der Waals surface area contributed by atoms with Crippen molar-refractivity contribution in [2.75, 3.05) is 31.6 Å². The summed E-state index contributed by atoms with van der Waals surface area (Å²) in [6.07, 6.45) is 1.94. The second-order valence-corrected chi connectivity index (χ2v) is 10.4. The summed E-state index contributed by atoms with van der Waals surface area (Å²) in [5.41, 5.74) is 5.42. The van der Waals surface area contributed by atoms with E-state index in [2.05, 4.69) is 36.1 Å². The number of amides is 2. The van der Waals surface area contributed by atoms with Crippen molar-refractivity contribution in [2.24, 2.45) is 5.92 Å². The average Bonchev–Trinajstić information content (AvgIpc) is 3.39. The van der Waals surface area contributed by atoms with Crippen LogP contribution in [0, 0.1) is 12.5 Å². The lowest BCUT2D eigenvalue weighted by atomic mass is 10.0. The minimum Gasteiger partial charge on any atom is -0.355 e. The predicted molar refractivity (Wildman–Crippen MR) is 156 cm³/mol. The molecule has 0 saturated carbocycles. The van der Waals surface area contributed by atoms with Gasteiger partial charge in [-0.1, -0.05) is 80.6 Å². The zero-order chi connectivity index (χ0) is 27.8. The Balaban J connectivity index is 1.58. The highest BCUT2D eigenvalue weighted by atomic mass is 16.2. The third-order valence-electron chi connectivity index (χ3n) is 7.09. The summed E-state index contributed by atoms with van der Waals surface area (Å²) >= 11 is 0. The fraction of sp³-hybridized carbons (Fsp3) is 0.344. The molecule has 0 atom stereocenters. The largest absolute Gasteiger partial charge is 0.355 e. The molecular formula is C32H37N5O2. The molecule has 3 aromatic rings. The normalized spacial score (nSPS) is 12.6. The number of hydrazine groups is 1. The van der Waals surface area contributed by atoms with Crippen LogP contribution in [0.25, 0.3) is 16.0 Å². The van der Waals surface area contributed by atoms with Gasteiger partial charge < -0.3 is 10.2 Å². The van der Waals surface area contributed by atoms with Gasteiger partial charge in [-0.2, -0.15) is 0 Å². The molecule has 39 heavy (non-hydrogen) atoms. The van der Waals surface area contributed by atoms with Gasteiger partial charge >= 0.3 is 0 Å². The first-order chi connectivity index (χ1) is 18.9. The number of nitrogens with one attached hydrogen (secondary N) is 1. The Morgan fingerprint density at radius 1 is 0.974 bits per heavy atom. The van der Waals surface area contributed by atoms with E-state index >= 15 is 0 Å². The molecule has 0 radical (unpaired) electrons. The minimum absolute atomic E-state index is 0.00401. The van der Waals surface area contributed by atoms with Gasteiger partial charge in [-0.3, -0.25) is 14.6 Å². The van der Waals surface area contributed by atoms with Crippen LogP contribution in [-0.4, -0.2) is 48.5 Å². The quantitative estimate of drug-likeness (QED) is 0.261. The maximum atomic E-state index is 13.6. The molecule has 0 fully saturated rings. The Morgan fingerprint density at radius 2 is 1.64 bits per heavy atom. The number of hydrogen-bond donors (Lipinski definition) is 1. The van der Waals surface area contributed by atoms with E-state index in [9.17, 15) is 9.59 Å². The zero-order valence-electron chi connectivity index (χ0n) is 23.1. The van der Waals surface area contributed by atoms with E-state index in [4.69, 9.17) is 6.57 Å². The van der Waals surface area contributed by atoms with Crippen molar-refractivity contribution < 1.29 is 9.59 Å². The number of anilines is 1. The first-order valence-electron chi connectivity index (χ1n) is 13.5. The molecule has 0 spiro atoms. The molecule has 1 N–H and O–H groups in total. The second-order valence-electron chi connectivity index (χ2n) is 10.4. The van der Waals surface area contributed by atoms with Crippen molar-refractivity contribution in [1.82, 2.24) is 15.3 Å². The molecule has 1 heterocycles. The van der Waals surface area contributed by atoms with Crippen LogP contribution in [-0.2, 0) is 22.7 Å². The highest BCUT2D eigenvalue weighted by Crippen LogP contribution is 2.34. The van der Waals surface area contributed by atoms with Crippen LogP contribution >= 0.6 is 0 Å². The van der Waals surface area contributed by atoms with Crippen LogP contribution in [0.3, 0.4) is 0 Å². The zero-order valence-corrected chi connectivity index (χ0v) is 23.1. The Morgan fingerprint density at radius 3 is 2.28 bits per heavy atom. The molecule has 0 aliphatic carbocycles. The third kappa shape index (κ3) is 7.24. The van der Waals surface area contributed by atoms with Crippen LogP contribution in [0.4, 0.5) is 11.4 Å². The lowest BCUT2D eigenvalue weighted by molar-refractivity contribution is -0.145. The Labute approximate surface area is 231 Å². The van der Waals surface area contributed by atoms with Gasteiger partial charge in [-0.25, -0.2) is 9.85 Å². The summed E-state index contributed by atoms with van der Waals surface area (Å²) in [6, 6.07) is 23.5. The summed E-state index contributed by atoms with van der Waals surface area (Å²) < 4.78 is 0. The van der Waals surface area contributed by atoms with E-state index < -0.39 is 0 Å². The van der Waals surface area contributed by atoms with Crippen LogP contribution < -0.4 is 10.2 Å². The van der Waals surface area contributed by atoms with E-state index in [1.54, 1.807) is 29.1 Å². The first kappa shape index (κ1) is 27.9. The monoisotopic (exact) mass is 523 g/mol. The smallest absolute Gasteiger partial charge is 0.256 e. The summed E-state index contributed by atoms with van der Waals surface area (Å²) in [7, 11) is 1.78. The molecule has 0 unspecified atom stereocenters. The van der Waals surface area contributed by atoms with E-state index in [-0.39, 0.29) is 24.9 Å². The molecule has 7 heteroatoms. The van der Waals surface area contributed by atoms with Crippen molar-refractivity contribution in [1.29, 1.82) is 0 Å². The first-order valence-corrected chi connectivity index (χ1v) is 13.5. The van der Waals surface area contributed by atoms with E-state index in [1.165, 1.54) is 11.1 Å². The summed E-state index contributed by atoms with van der Waals surface area (Å²) in [5.74, 6) is 0.311. The van der Waals surface area contributed by atoms with Crippen molar-refractivity contribution >= 4 is 23.2 Å². The van der Waals surface area contributed by atoms with E-state index in [0.29, 0.717) is 36.9 Å². The maximum Gasteiger partial charge on any atom is 0.256 e. The van der Waals surface area contributed by atoms with Gasteiger partial charge in [0.2, 0.25) is 5.91 Å². The topological polar surface area (TPSA) is 60.3 Å². The van der Waals surface area contributed by atoms with Crippen LogP contribution in [0.5, 0.6) is 0 Å². The SMILES string of the molecule is [C-]#[N+]c1ccc(-c2ccccc2)c(N(CC(=O)NCCCC(C)C)CC(=O)N(C)N2Cc3ccccc3C2)c1. The van der Waals surface area contributed by atoms with Crippen LogP contribution in [0.2, 0.25) is 0 Å². The number of benzene rings is 3. The number of carbonyl (C=O) groups excluding carboxylic acids is 2. The Kier molecular flexibility index (Phi) is 9.35. The predicted octanol–water partition coefficient (Wildman–Crippen LogP) is 5.65. The van der Waals surface area contributed by atoms with Crippen molar-refractivity contribution in [3.63, 3.8) is 0 Å².